The Bertz CT molecular complexity index is 1310. The molecule has 172 valence electrons. The van der Waals surface area contributed by atoms with E-state index in [9.17, 15) is 4.79 Å². The van der Waals surface area contributed by atoms with Crippen molar-refractivity contribution < 1.29 is 9.32 Å². The van der Waals surface area contributed by atoms with Crippen LogP contribution in [0.2, 0.25) is 0 Å². The predicted molar refractivity (Wildman–Crippen MR) is 127 cm³/mol. The van der Waals surface area contributed by atoms with Crippen molar-refractivity contribution in [3.8, 4) is 22.5 Å². The topological polar surface area (TPSA) is 113 Å². The van der Waals surface area contributed by atoms with Gasteiger partial charge in [0.1, 0.15) is 5.76 Å². The first-order chi connectivity index (χ1) is 16.7. The van der Waals surface area contributed by atoms with Crippen LogP contribution in [-0.4, -0.2) is 43.8 Å². The van der Waals surface area contributed by atoms with Crippen molar-refractivity contribution in [2.75, 3.05) is 10.2 Å². The molecule has 2 saturated carbocycles. The highest BCUT2D eigenvalue weighted by atomic mass is 16.5. The van der Waals surface area contributed by atoms with Gasteiger partial charge in [-0.1, -0.05) is 35.5 Å². The number of amides is 1. The molecule has 4 aromatic rings. The molecule has 2 aromatic carbocycles. The maximum Gasteiger partial charge on any atom is 0.230 e. The molecule has 0 saturated heterocycles. The van der Waals surface area contributed by atoms with E-state index in [4.69, 9.17) is 4.52 Å². The number of carbonyl (C=O) groups is 1. The van der Waals surface area contributed by atoms with Crippen molar-refractivity contribution in [1.29, 1.82) is 0 Å². The maximum absolute atomic E-state index is 13.0. The fraction of sp³-hybridized carbons (Fsp3) is 0.320. The van der Waals surface area contributed by atoms with E-state index in [1.807, 2.05) is 31.2 Å². The first-order valence-electron chi connectivity index (χ1n) is 11.6. The second-order valence-electron chi connectivity index (χ2n) is 9.04. The summed E-state index contributed by atoms with van der Waals surface area (Å²) < 4.78 is 5.12. The van der Waals surface area contributed by atoms with Gasteiger partial charge in [0.05, 0.1) is 23.5 Å². The van der Waals surface area contributed by atoms with Crippen LogP contribution in [0.25, 0.3) is 22.5 Å². The van der Waals surface area contributed by atoms with Crippen molar-refractivity contribution in [2.45, 2.75) is 51.1 Å². The summed E-state index contributed by atoms with van der Waals surface area (Å²) in [6, 6.07) is 17.1. The molecular formula is C25H25N7O2. The SMILES string of the molecule is Cc1cc(CC(=O)Nc2cc(-c3ccccc3-c3nn[nH]n3)ccc2N(C2CC2)C2CC2)no1. The summed E-state index contributed by atoms with van der Waals surface area (Å²) in [7, 11) is 0. The molecule has 9 heteroatoms. The highest BCUT2D eigenvalue weighted by Gasteiger charge is 2.40. The second-order valence-corrected chi connectivity index (χ2v) is 9.04. The second kappa shape index (κ2) is 8.40. The predicted octanol–water partition coefficient (Wildman–Crippen LogP) is 4.14. The largest absolute Gasteiger partial charge is 0.364 e. The third-order valence-electron chi connectivity index (χ3n) is 6.27. The molecule has 0 bridgehead atoms. The minimum absolute atomic E-state index is 0.121. The molecule has 0 radical (unpaired) electrons. The summed E-state index contributed by atoms with van der Waals surface area (Å²) in [4.78, 5) is 15.5. The van der Waals surface area contributed by atoms with Crippen LogP contribution in [-0.2, 0) is 11.2 Å². The number of anilines is 2. The van der Waals surface area contributed by atoms with Crippen molar-refractivity contribution in [3.05, 3.63) is 60.0 Å². The number of aryl methyl sites for hydroxylation is 1. The monoisotopic (exact) mass is 455 g/mol. The van der Waals surface area contributed by atoms with E-state index in [1.165, 1.54) is 25.7 Å². The van der Waals surface area contributed by atoms with E-state index < -0.39 is 0 Å². The minimum atomic E-state index is -0.121. The minimum Gasteiger partial charge on any atom is -0.364 e. The van der Waals surface area contributed by atoms with Gasteiger partial charge in [0.2, 0.25) is 11.7 Å². The lowest BCUT2D eigenvalue weighted by Gasteiger charge is -2.28. The molecule has 9 nitrogen and oxygen atoms in total. The average molecular weight is 456 g/mol. The van der Waals surface area contributed by atoms with E-state index in [2.05, 4.69) is 54.2 Å². The van der Waals surface area contributed by atoms with E-state index in [0.29, 0.717) is 29.4 Å². The van der Waals surface area contributed by atoms with Gasteiger partial charge in [-0.3, -0.25) is 4.79 Å². The molecule has 2 fully saturated rings. The number of nitrogens with one attached hydrogen (secondary N) is 2. The Morgan fingerprint density at radius 2 is 1.85 bits per heavy atom. The quantitative estimate of drug-likeness (QED) is 0.410. The summed E-state index contributed by atoms with van der Waals surface area (Å²) in [5, 5.41) is 21.7. The normalized spacial score (nSPS) is 15.3. The Hall–Kier alpha value is -4.01. The third-order valence-corrected chi connectivity index (χ3v) is 6.27. The number of benzene rings is 2. The van der Waals surface area contributed by atoms with E-state index in [0.717, 1.165) is 28.1 Å². The third kappa shape index (κ3) is 4.16. The van der Waals surface area contributed by atoms with Gasteiger partial charge in [0, 0.05) is 23.7 Å². The molecule has 0 aliphatic heterocycles. The van der Waals surface area contributed by atoms with Gasteiger partial charge >= 0.3 is 0 Å². The molecule has 2 N–H and O–H groups in total. The number of hydrogen-bond acceptors (Lipinski definition) is 7. The zero-order valence-corrected chi connectivity index (χ0v) is 18.9. The Morgan fingerprint density at radius 1 is 1.09 bits per heavy atom. The number of hydrogen-bond donors (Lipinski definition) is 2. The van der Waals surface area contributed by atoms with Gasteiger partial charge < -0.3 is 14.7 Å². The maximum atomic E-state index is 13.0. The van der Waals surface area contributed by atoms with Crippen LogP contribution in [0.15, 0.2) is 53.1 Å². The van der Waals surface area contributed by atoms with E-state index in [-0.39, 0.29) is 12.3 Å². The molecular weight excluding hydrogens is 430 g/mol. The van der Waals surface area contributed by atoms with Crippen molar-refractivity contribution >= 4 is 17.3 Å². The van der Waals surface area contributed by atoms with Crippen LogP contribution in [0.5, 0.6) is 0 Å². The van der Waals surface area contributed by atoms with Crippen LogP contribution in [0.4, 0.5) is 11.4 Å². The van der Waals surface area contributed by atoms with Gasteiger partial charge in [0.25, 0.3) is 0 Å². The van der Waals surface area contributed by atoms with E-state index >= 15 is 0 Å². The summed E-state index contributed by atoms with van der Waals surface area (Å²) in [6.07, 6.45) is 4.96. The number of aromatic nitrogens is 5. The first kappa shape index (κ1) is 20.6. The fourth-order valence-corrected chi connectivity index (χ4v) is 4.49. The van der Waals surface area contributed by atoms with Gasteiger partial charge in [-0.15, -0.1) is 10.2 Å². The number of rotatable bonds is 8. The van der Waals surface area contributed by atoms with Gasteiger partial charge in [0.15, 0.2) is 0 Å². The lowest BCUT2D eigenvalue weighted by molar-refractivity contribution is -0.115. The van der Waals surface area contributed by atoms with Gasteiger partial charge in [-0.25, -0.2) is 0 Å². The van der Waals surface area contributed by atoms with Crippen LogP contribution in [0, 0.1) is 6.92 Å². The van der Waals surface area contributed by atoms with Crippen LogP contribution < -0.4 is 10.2 Å². The van der Waals surface area contributed by atoms with Crippen molar-refractivity contribution in [1.82, 2.24) is 25.8 Å². The average Bonchev–Trinajstić information content (AvgIpc) is 3.76. The number of nitrogens with zero attached hydrogens (tertiary/aromatic N) is 5. The van der Waals surface area contributed by atoms with Crippen LogP contribution >= 0.6 is 0 Å². The molecule has 2 heterocycles. The Morgan fingerprint density at radius 3 is 2.50 bits per heavy atom. The lowest BCUT2D eigenvalue weighted by atomic mass is 9.98. The highest BCUT2D eigenvalue weighted by Crippen LogP contribution is 2.45. The number of carbonyl (C=O) groups excluding carboxylic acids is 1. The molecule has 2 aromatic heterocycles. The molecule has 34 heavy (non-hydrogen) atoms. The van der Waals surface area contributed by atoms with Crippen molar-refractivity contribution in [2.24, 2.45) is 0 Å². The summed E-state index contributed by atoms with van der Waals surface area (Å²) >= 11 is 0. The Balaban J connectivity index is 1.38. The first-order valence-corrected chi connectivity index (χ1v) is 11.6. The number of H-pyrrole nitrogens is 1. The molecule has 1 amide bonds. The molecule has 0 spiro atoms. The fourth-order valence-electron chi connectivity index (χ4n) is 4.49. The lowest BCUT2D eigenvalue weighted by Crippen LogP contribution is -2.29. The van der Waals surface area contributed by atoms with Gasteiger partial charge in [-0.2, -0.15) is 5.21 Å². The van der Waals surface area contributed by atoms with E-state index in [1.54, 1.807) is 6.07 Å². The zero-order valence-electron chi connectivity index (χ0n) is 18.9. The molecule has 2 aliphatic carbocycles. The summed E-state index contributed by atoms with van der Waals surface area (Å²) in [5.41, 5.74) is 5.34. The molecule has 0 unspecified atom stereocenters. The number of tetrazole rings is 1. The standard InChI is InChI=1S/C25H25N7O2/c1-15-12-17(29-34-15)14-24(33)26-22-13-16(6-11-23(22)32(18-7-8-18)19-9-10-19)20-4-2-3-5-21(20)25-27-30-31-28-25/h2-6,11-13,18-19H,7-10,14H2,1H3,(H,26,33)(H,27,28,30,31). The van der Waals surface area contributed by atoms with Crippen molar-refractivity contribution in [3.63, 3.8) is 0 Å². The smallest absolute Gasteiger partial charge is 0.230 e. The van der Waals surface area contributed by atoms with Gasteiger partial charge in [-0.05, 0) is 61.1 Å². The van der Waals surface area contributed by atoms with Crippen LogP contribution in [0.1, 0.15) is 37.1 Å². The summed E-state index contributed by atoms with van der Waals surface area (Å²) in [5.74, 6) is 1.10. The number of aromatic amines is 1. The molecule has 0 atom stereocenters. The molecule has 6 rings (SSSR count). The summed E-state index contributed by atoms with van der Waals surface area (Å²) in [6.45, 7) is 1.82. The zero-order chi connectivity index (χ0) is 23.1. The molecule has 2 aliphatic rings. The highest BCUT2D eigenvalue weighted by molar-refractivity contribution is 5.97. The van der Waals surface area contributed by atoms with Crippen LogP contribution in [0.3, 0.4) is 0 Å². The Labute approximate surface area is 196 Å². The Kier molecular flexibility index (Phi) is 5.09.